The molecule has 0 spiro atoms. The Balaban J connectivity index is 2.49. The zero-order chi connectivity index (χ0) is 11.1. The first-order chi connectivity index (χ1) is 7.04. The Morgan fingerprint density at radius 1 is 1.33 bits per heavy atom. The fourth-order valence-electron chi connectivity index (χ4n) is 1.31. The highest BCUT2D eigenvalue weighted by atomic mass is 79.9. The van der Waals surface area contributed by atoms with Crippen molar-refractivity contribution >= 4 is 15.9 Å². The van der Waals surface area contributed by atoms with Gasteiger partial charge in [0.15, 0.2) is 11.5 Å². The lowest BCUT2D eigenvalue weighted by Gasteiger charge is -2.16. The van der Waals surface area contributed by atoms with Crippen LogP contribution < -0.4 is 15.2 Å². The van der Waals surface area contributed by atoms with Gasteiger partial charge in [0.1, 0.15) is 0 Å². The summed E-state index contributed by atoms with van der Waals surface area (Å²) in [5.74, 6) is -2.29. The van der Waals surface area contributed by atoms with Gasteiger partial charge in [-0.25, -0.2) is 0 Å². The van der Waals surface area contributed by atoms with Gasteiger partial charge in [-0.1, -0.05) is 15.9 Å². The lowest BCUT2D eigenvalue weighted by molar-refractivity contribution is 0.00503. The normalized spacial score (nSPS) is 14.4. The number of rotatable bonds is 2. The Morgan fingerprint density at radius 2 is 1.93 bits per heavy atom. The molecule has 1 aromatic rings. The lowest BCUT2D eigenvalue weighted by atomic mass is 10.1. The van der Waals surface area contributed by atoms with Crippen LogP contribution in [0, 0.1) is 0 Å². The van der Waals surface area contributed by atoms with Crippen LogP contribution in [0.4, 0.5) is 8.78 Å². The molecule has 1 aliphatic heterocycles. The summed E-state index contributed by atoms with van der Waals surface area (Å²) in [7, 11) is 0. The van der Waals surface area contributed by atoms with Crippen molar-refractivity contribution in [3.8, 4) is 11.5 Å². The van der Waals surface area contributed by atoms with Crippen molar-refractivity contribution in [3.63, 3.8) is 0 Å². The summed E-state index contributed by atoms with van der Waals surface area (Å²) in [4.78, 5) is 0. The zero-order valence-corrected chi connectivity index (χ0v) is 9.18. The van der Waals surface area contributed by atoms with Gasteiger partial charge in [0.25, 0.3) is 5.92 Å². The third-order valence-corrected chi connectivity index (χ3v) is 2.77. The molecule has 82 valence electrons. The number of nitrogens with two attached hydrogens (primary N) is 1. The van der Waals surface area contributed by atoms with Gasteiger partial charge in [-0.15, -0.1) is 0 Å². The highest BCUT2D eigenvalue weighted by Gasteiger charge is 2.34. The summed E-state index contributed by atoms with van der Waals surface area (Å²) >= 11 is 3.06. The minimum atomic E-state index is -3.07. The van der Waals surface area contributed by atoms with Crippen molar-refractivity contribution in [1.82, 2.24) is 0 Å². The van der Waals surface area contributed by atoms with Gasteiger partial charge in [0.2, 0.25) is 6.79 Å². The van der Waals surface area contributed by atoms with Crippen molar-refractivity contribution in [3.05, 3.63) is 22.2 Å². The van der Waals surface area contributed by atoms with E-state index >= 15 is 0 Å². The quantitative estimate of drug-likeness (QED) is 0.903. The average molecular weight is 280 g/mol. The van der Waals surface area contributed by atoms with Crippen LogP contribution in [0.2, 0.25) is 0 Å². The molecule has 6 heteroatoms. The number of ether oxygens (including phenoxy) is 2. The number of alkyl halides is 2. The van der Waals surface area contributed by atoms with E-state index in [1.165, 1.54) is 12.1 Å². The summed E-state index contributed by atoms with van der Waals surface area (Å²) in [6, 6.07) is 2.71. The van der Waals surface area contributed by atoms with Crippen LogP contribution >= 0.6 is 15.9 Å². The van der Waals surface area contributed by atoms with E-state index in [2.05, 4.69) is 15.9 Å². The second-order valence-corrected chi connectivity index (χ2v) is 3.95. The first-order valence-corrected chi connectivity index (χ1v) is 5.01. The summed E-state index contributed by atoms with van der Waals surface area (Å²) in [6.45, 7) is -0.690. The number of fused-ring (bicyclic) bond motifs is 1. The molecule has 0 radical (unpaired) electrons. The molecule has 1 aromatic carbocycles. The van der Waals surface area contributed by atoms with Crippen molar-refractivity contribution in [2.45, 2.75) is 5.92 Å². The highest BCUT2D eigenvalue weighted by molar-refractivity contribution is 9.10. The lowest BCUT2D eigenvalue weighted by Crippen LogP contribution is -2.25. The van der Waals surface area contributed by atoms with E-state index in [0.29, 0.717) is 11.5 Å². The summed E-state index contributed by atoms with van der Waals surface area (Å²) in [5, 5.41) is 0. The third kappa shape index (κ3) is 1.79. The predicted octanol–water partition coefficient (Wildman–Crippen LogP) is 2.23. The molecule has 0 aliphatic carbocycles. The number of hydrogen-bond donors (Lipinski definition) is 1. The molecule has 1 heterocycles. The van der Waals surface area contributed by atoms with E-state index in [9.17, 15) is 8.78 Å². The minimum Gasteiger partial charge on any atom is -0.454 e. The number of hydrogen-bond acceptors (Lipinski definition) is 3. The molecule has 0 unspecified atom stereocenters. The first kappa shape index (κ1) is 10.6. The van der Waals surface area contributed by atoms with Crippen molar-refractivity contribution in [2.24, 2.45) is 5.73 Å². The van der Waals surface area contributed by atoms with Crippen molar-refractivity contribution < 1.29 is 18.3 Å². The van der Waals surface area contributed by atoms with Gasteiger partial charge in [-0.3, -0.25) is 0 Å². The van der Waals surface area contributed by atoms with E-state index in [4.69, 9.17) is 15.2 Å². The first-order valence-electron chi connectivity index (χ1n) is 4.22. The smallest absolute Gasteiger partial charge is 0.286 e. The van der Waals surface area contributed by atoms with Crippen LogP contribution in [0.25, 0.3) is 0 Å². The molecule has 2 rings (SSSR count). The van der Waals surface area contributed by atoms with Gasteiger partial charge < -0.3 is 15.2 Å². The molecule has 0 fully saturated rings. The highest BCUT2D eigenvalue weighted by Crippen LogP contribution is 2.42. The van der Waals surface area contributed by atoms with Gasteiger partial charge in [0.05, 0.1) is 6.54 Å². The van der Waals surface area contributed by atoms with E-state index < -0.39 is 12.5 Å². The monoisotopic (exact) mass is 279 g/mol. The van der Waals surface area contributed by atoms with Crippen LogP contribution in [0.1, 0.15) is 5.56 Å². The average Bonchev–Trinajstić information content (AvgIpc) is 2.63. The molecule has 0 aromatic heterocycles. The molecule has 0 saturated carbocycles. The maximum Gasteiger partial charge on any atom is 0.286 e. The zero-order valence-electron chi connectivity index (χ0n) is 7.60. The van der Waals surface area contributed by atoms with Gasteiger partial charge >= 0.3 is 0 Å². The van der Waals surface area contributed by atoms with E-state index in [1.807, 2.05) is 0 Å². The van der Waals surface area contributed by atoms with Crippen LogP contribution in [0.5, 0.6) is 11.5 Å². The molecule has 2 N–H and O–H groups in total. The Labute approximate surface area is 93.3 Å². The van der Waals surface area contributed by atoms with E-state index in [-0.39, 0.29) is 16.8 Å². The SMILES string of the molecule is NCC(F)(F)c1cc2c(cc1Br)OCO2. The predicted molar refractivity (Wildman–Crippen MR) is 53.2 cm³/mol. The third-order valence-electron chi connectivity index (χ3n) is 2.11. The topological polar surface area (TPSA) is 44.5 Å². The largest absolute Gasteiger partial charge is 0.454 e. The van der Waals surface area contributed by atoms with Gasteiger partial charge in [-0.2, -0.15) is 8.78 Å². The molecule has 0 bridgehead atoms. The van der Waals surface area contributed by atoms with Gasteiger partial charge in [-0.05, 0) is 12.1 Å². The number of halogens is 3. The molecule has 15 heavy (non-hydrogen) atoms. The van der Waals surface area contributed by atoms with E-state index in [0.717, 1.165) is 0 Å². The maximum absolute atomic E-state index is 13.4. The second-order valence-electron chi connectivity index (χ2n) is 3.09. The Hall–Kier alpha value is -0.880. The summed E-state index contributed by atoms with van der Waals surface area (Å²) in [5.41, 5.74) is 4.82. The van der Waals surface area contributed by atoms with Crippen LogP contribution in [-0.2, 0) is 5.92 Å². The fraction of sp³-hybridized carbons (Fsp3) is 0.333. The summed E-state index contributed by atoms with van der Waals surface area (Å²) < 4.78 is 37.1. The number of benzene rings is 1. The maximum atomic E-state index is 13.4. The Bertz CT molecular complexity index is 398. The second kappa shape index (κ2) is 3.61. The van der Waals surface area contributed by atoms with Crippen LogP contribution in [-0.4, -0.2) is 13.3 Å². The minimum absolute atomic E-state index is 0.0550. The van der Waals surface area contributed by atoms with Crippen LogP contribution in [0.15, 0.2) is 16.6 Å². The van der Waals surface area contributed by atoms with Crippen molar-refractivity contribution in [2.75, 3.05) is 13.3 Å². The molecule has 1 aliphatic rings. The molecular weight excluding hydrogens is 272 g/mol. The Kier molecular flexibility index (Phi) is 2.56. The molecular formula is C9H8BrF2NO2. The fourth-order valence-corrected chi connectivity index (χ4v) is 1.92. The standard InChI is InChI=1S/C9H8BrF2NO2/c10-6-2-8-7(14-4-15-8)1-5(6)9(11,12)3-13/h1-2H,3-4,13H2. The molecule has 0 atom stereocenters. The molecule has 3 nitrogen and oxygen atoms in total. The van der Waals surface area contributed by atoms with Gasteiger partial charge in [0, 0.05) is 10.0 Å². The van der Waals surface area contributed by atoms with Crippen molar-refractivity contribution in [1.29, 1.82) is 0 Å². The molecule has 0 saturated heterocycles. The van der Waals surface area contributed by atoms with Crippen LogP contribution in [0.3, 0.4) is 0 Å². The summed E-state index contributed by atoms with van der Waals surface area (Å²) in [6.07, 6.45) is 0. The molecule has 0 amide bonds. The van der Waals surface area contributed by atoms with E-state index in [1.54, 1.807) is 0 Å². The Morgan fingerprint density at radius 3 is 2.53 bits per heavy atom.